The number of rotatable bonds is 4. The molecule has 0 unspecified atom stereocenters. The Kier molecular flexibility index (Phi) is 3.31. The number of epoxide rings is 1. The van der Waals surface area contributed by atoms with Gasteiger partial charge in [0.05, 0.1) is 17.8 Å². The van der Waals surface area contributed by atoms with Gasteiger partial charge in [-0.1, -0.05) is 12.1 Å². The lowest BCUT2D eigenvalue weighted by molar-refractivity contribution is 0.00578. The molecule has 3 rings (SSSR count). The van der Waals surface area contributed by atoms with Crippen molar-refractivity contribution in [3.63, 3.8) is 0 Å². The van der Waals surface area contributed by atoms with Crippen LogP contribution >= 0.6 is 0 Å². The van der Waals surface area contributed by atoms with Gasteiger partial charge in [-0.15, -0.1) is 0 Å². The molecule has 1 atom stereocenters. The van der Waals surface area contributed by atoms with Crippen LogP contribution in [-0.2, 0) is 14.0 Å². The first-order valence-corrected chi connectivity index (χ1v) is 7.07. The molecule has 2 aliphatic heterocycles. The predicted molar refractivity (Wildman–Crippen MR) is 77.4 cm³/mol. The van der Waals surface area contributed by atoms with Crippen molar-refractivity contribution in [2.24, 2.45) is 0 Å². The molecule has 0 amide bonds. The van der Waals surface area contributed by atoms with E-state index in [0.717, 1.165) is 17.8 Å². The van der Waals surface area contributed by atoms with E-state index < -0.39 is 0 Å². The average Bonchev–Trinajstić information content (AvgIpc) is 3.16. The Morgan fingerprint density at radius 3 is 2.15 bits per heavy atom. The highest BCUT2D eigenvalue weighted by Gasteiger charge is 2.51. The smallest absolute Gasteiger partial charge is 0.491 e. The molecule has 4 nitrogen and oxygen atoms in total. The van der Waals surface area contributed by atoms with E-state index in [9.17, 15) is 0 Å². The molecular formula is C15H21BO4. The van der Waals surface area contributed by atoms with Gasteiger partial charge in [-0.25, -0.2) is 0 Å². The second kappa shape index (κ2) is 4.76. The molecule has 0 bridgehead atoms. The van der Waals surface area contributed by atoms with Crippen molar-refractivity contribution < 1.29 is 18.8 Å². The maximum atomic E-state index is 6.02. The van der Waals surface area contributed by atoms with Crippen LogP contribution in [0.25, 0.3) is 0 Å². The van der Waals surface area contributed by atoms with Crippen LogP contribution < -0.4 is 10.2 Å². The monoisotopic (exact) mass is 276 g/mol. The molecule has 2 aliphatic rings. The molecule has 0 radical (unpaired) electrons. The van der Waals surface area contributed by atoms with Crippen LogP contribution in [-0.4, -0.2) is 37.6 Å². The molecule has 2 saturated heterocycles. The maximum absolute atomic E-state index is 6.02. The van der Waals surface area contributed by atoms with Gasteiger partial charge in [-0.3, -0.25) is 0 Å². The third-order valence-corrected chi connectivity index (χ3v) is 4.24. The molecule has 0 N–H and O–H groups in total. The summed E-state index contributed by atoms with van der Waals surface area (Å²) in [5.74, 6) is 0.848. The summed E-state index contributed by atoms with van der Waals surface area (Å²) in [6.07, 6.45) is 0.276. The number of hydrogen-bond donors (Lipinski definition) is 0. The van der Waals surface area contributed by atoms with E-state index in [1.807, 2.05) is 24.3 Å². The normalized spacial score (nSPS) is 26.6. The highest BCUT2D eigenvalue weighted by molar-refractivity contribution is 6.62. The van der Waals surface area contributed by atoms with Crippen LogP contribution in [0, 0.1) is 0 Å². The first kappa shape index (κ1) is 13.9. The van der Waals surface area contributed by atoms with Crippen molar-refractivity contribution in [3.05, 3.63) is 24.3 Å². The first-order chi connectivity index (χ1) is 9.37. The van der Waals surface area contributed by atoms with Gasteiger partial charge in [0.2, 0.25) is 0 Å². The molecule has 1 aromatic rings. The lowest BCUT2D eigenvalue weighted by Gasteiger charge is -2.32. The highest BCUT2D eigenvalue weighted by atomic mass is 16.7. The fraction of sp³-hybridized carbons (Fsp3) is 0.600. The topological polar surface area (TPSA) is 40.2 Å². The first-order valence-electron chi connectivity index (χ1n) is 7.07. The predicted octanol–water partition coefficient (Wildman–Crippen LogP) is 1.76. The summed E-state index contributed by atoms with van der Waals surface area (Å²) in [5.41, 5.74) is 0.394. The summed E-state index contributed by atoms with van der Waals surface area (Å²) in [7, 11) is -0.319. The molecule has 2 heterocycles. The summed E-state index contributed by atoms with van der Waals surface area (Å²) in [6, 6.07) is 7.88. The lowest BCUT2D eigenvalue weighted by atomic mass is 9.79. The summed E-state index contributed by atoms with van der Waals surface area (Å²) >= 11 is 0. The Hall–Kier alpha value is -1.04. The van der Waals surface area contributed by atoms with Gasteiger partial charge in [0.15, 0.2) is 0 Å². The molecule has 108 valence electrons. The van der Waals surface area contributed by atoms with E-state index in [1.54, 1.807) is 0 Å². The number of benzene rings is 1. The largest absolute Gasteiger partial charge is 0.494 e. The molecule has 0 aromatic heterocycles. The molecular weight excluding hydrogens is 255 g/mol. The minimum atomic E-state index is -0.319. The van der Waals surface area contributed by atoms with E-state index in [1.165, 1.54) is 0 Å². The molecule has 20 heavy (non-hydrogen) atoms. The lowest BCUT2D eigenvalue weighted by Crippen LogP contribution is -2.41. The van der Waals surface area contributed by atoms with Crippen molar-refractivity contribution in [3.8, 4) is 5.75 Å². The van der Waals surface area contributed by atoms with E-state index in [-0.39, 0.29) is 24.4 Å². The molecule has 5 heteroatoms. The van der Waals surface area contributed by atoms with Gasteiger partial charge in [0, 0.05) is 0 Å². The minimum Gasteiger partial charge on any atom is -0.491 e. The highest BCUT2D eigenvalue weighted by Crippen LogP contribution is 2.36. The fourth-order valence-corrected chi connectivity index (χ4v) is 2.05. The SMILES string of the molecule is CC1(C)OB(c2ccc(OC[C@H]3CO3)cc2)OC1(C)C. The number of hydrogen-bond acceptors (Lipinski definition) is 4. The Bertz CT molecular complexity index is 463. The molecule has 0 saturated carbocycles. The third kappa shape index (κ3) is 2.71. The van der Waals surface area contributed by atoms with Gasteiger partial charge in [-0.05, 0) is 45.3 Å². The zero-order valence-electron chi connectivity index (χ0n) is 12.5. The maximum Gasteiger partial charge on any atom is 0.494 e. The zero-order valence-corrected chi connectivity index (χ0v) is 12.5. The van der Waals surface area contributed by atoms with Gasteiger partial charge in [-0.2, -0.15) is 0 Å². The quantitative estimate of drug-likeness (QED) is 0.620. The standard InChI is InChI=1S/C15H21BO4/c1-14(2)15(3,4)20-16(19-14)11-5-7-12(8-6-11)17-9-13-10-18-13/h5-8,13H,9-10H2,1-4H3/t13-/m0/s1. The van der Waals surface area contributed by atoms with Crippen LogP contribution in [0.15, 0.2) is 24.3 Å². The Morgan fingerprint density at radius 2 is 1.65 bits per heavy atom. The van der Waals surface area contributed by atoms with E-state index in [4.69, 9.17) is 18.8 Å². The summed E-state index contributed by atoms with van der Waals surface area (Å²) in [5, 5.41) is 0. The molecule has 2 fully saturated rings. The van der Waals surface area contributed by atoms with Crippen LogP contribution in [0.2, 0.25) is 0 Å². The van der Waals surface area contributed by atoms with Crippen LogP contribution in [0.3, 0.4) is 0 Å². The zero-order chi connectivity index (χ0) is 14.4. The molecule has 0 aliphatic carbocycles. The van der Waals surface area contributed by atoms with Crippen molar-refractivity contribution in [2.45, 2.75) is 45.0 Å². The van der Waals surface area contributed by atoms with Crippen molar-refractivity contribution >= 4 is 12.6 Å². The Labute approximate surface area is 120 Å². The third-order valence-electron chi connectivity index (χ3n) is 4.24. The molecule has 0 spiro atoms. The Morgan fingerprint density at radius 1 is 1.10 bits per heavy atom. The van der Waals surface area contributed by atoms with Gasteiger partial charge < -0.3 is 18.8 Å². The van der Waals surface area contributed by atoms with E-state index in [2.05, 4.69) is 27.7 Å². The summed E-state index contributed by atoms with van der Waals surface area (Å²) in [4.78, 5) is 0. The van der Waals surface area contributed by atoms with Crippen molar-refractivity contribution in [2.75, 3.05) is 13.2 Å². The van der Waals surface area contributed by atoms with Crippen molar-refractivity contribution in [1.82, 2.24) is 0 Å². The second-order valence-electron chi connectivity index (χ2n) is 6.42. The second-order valence-corrected chi connectivity index (χ2v) is 6.42. The van der Waals surface area contributed by atoms with Crippen LogP contribution in [0.1, 0.15) is 27.7 Å². The number of ether oxygens (including phenoxy) is 2. The van der Waals surface area contributed by atoms with Gasteiger partial charge in [0.25, 0.3) is 0 Å². The van der Waals surface area contributed by atoms with Crippen LogP contribution in [0.5, 0.6) is 5.75 Å². The van der Waals surface area contributed by atoms with E-state index in [0.29, 0.717) is 6.61 Å². The Balaban J connectivity index is 1.65. The van der Waals surface area contributed by atoms with Crippen LogP contribution in [0.4, 0.5) is 0 Å². The fourth-order valence-electron chi connectivity index (χ4n) is 2.05. The summed E-state index contributed by atoms with van der Waals surface area (Å²) in [6.45, 7) is 9.66. The summed E-state index contributed by atoms with van der Waals surface area (Å²) < 4.78 is 22.8. The van der Waals surface area contributed by atoms with E-state index >= 15 is 0 Å². The van der Waals surface area contributed by atoms with Gasteiger partial charge >= 0.3 is 7.12 Å². The van der Waals surface area contributed by atoms with Crippen molar-refractivity contribution in [1.29, 1.82) is 0 Å². The average molecular weight is 276 g/mol. The minimum absolute atomic E-state index is 0.276. The molecule has 1 aromatic carbocycles. The van der Waals surface area contributed by atoms with Gasteiger partial charge in [0.1, 0.15) is 18.5 Å².